The van der Waals surface area contributed by atoms with Crippen LogP contribution in [0.25, 0.3) is 0 Å². The fourth-order valence-electron chi connectivity index (χ4n) is 3.14. The van der Waals surface area contributed by atoms with Crippen LogP contribution in [-0.2, 0) is 0 Å². The van der Waals surface area contributed by atoms with E-state index in [1.165, 1.54) is 12.8 Å². The molecule has 17 heavy (non-hydrogen) atoms. The van der Waals surface area contributed by atoms with Gasteiger partial charge in [-0.3, -0.25) is 4.90 Å². The average Bonchev–Trinajstić information content (AvgIpc) is 2.86. The second-order valence-corrected chi connectivity index (χ2v) is 4.99. The molecule has 0 amide bonds. The van der Waals surface area contributed by atoms with Gasteiger partial charge in [-0.1, -0.05) is 13.8 Å². The number of rotatable bonds is 6. The Morgan fingerprint density at radius 3 is 2.29 bits per heavy atom. The summed E-state index contributed by atoms with van der Waals surface area (Å²) in [6.07, 6.45) is 6.00. The lowest BCUT2D eigenvalue weighted by Gasteiger charge is -2.44. The largest absolute Gasteiger partial charge is 0.391 e. The smallest absolute Gasteiger partial charge is 0.0732 e. The van der Waals surface area contributed by atoms with E-state index in [9.17, 15) is 5.11 Å². The molecule has 0 bridgehead atoms. The van der Waals surface area contributed by atoms with E-state index in [2.05, 4.69) is 30.6 Å². The molecular weight excluding hydrogens is 210 g/mol. The molecule has 1 atom stereocenters. The van der Waals surface area contributed by atoms with Gasteiger partial charge in [0.15, 0.2) is 0 Å². The Balaban J connectivity index is 2.69. The standard InChI is InChI=1S/C15H27NO/c1-4-7-8-11-14(17)15(5-2,6-3)16-12-9-10-13-16/h14,17H,5-6,8-13H2,1-3H3. The third kappa shape index (κ3) is 3.24. The molecule has 1 aliphatic heterocycles. The van der Waals surface area contributed by atoms with E-state index in [0.29, 0.717) is 0 Å². The van der Waals surface area contributed by atoms with E-state index in [1.807, 2.05) is 6.92 Å². The quantitative estimate of drug-likeness (QED) is 0.718. The summed E-state index contributed by atoms with van der Waals surface area (Å²) in [6, 6.07) is 0. The van der Waals surface area contributed by atoms with E-state index in [0.717, 1.165) is 38.8 Å². The second-order valence-electron chi connectivity index (χ2n) is 4.99. The van der Waals surface area contributed by atoms with Gasteiger partial charge in [0.25, 0.3) is 0 Å². The molecule has 0 saturated carbocycles. The average molecular weight is 237 g/mol. The first kappa shape index (κ1) is 14.5. The maximum Gasteiger partial charge on any atom is 0.0732 e. The van der Waals surface area contributed by atoms with Crippen molar-refractivity contribution >= 4 is 0 Å². The first-order chi connectivity index (χ1) is 8.21. The zero-order chi connectivity index (χ0) is 12.7. The van der Waals surface area contributed by atoms with E-state index in [4.69, 9.17) is 0 Å². The van der Waals surface area contributed by atoms with Gasteiger partial charge >= 0.3 is 0 Å². The molecule has 0 spiro atoms. The van der Waals surface area contributed by atoms with Crippen LogP contribution in [0.5, 0.6) is 0 Å². The predicted octanol–water partition coefficient (Wildman–Crippen LogP) is 2.81. The van der Waals surface area contributed by atoms with Crippen LogP contribution in [0.3, 0.4) is 0 Å². The van der Waals surface area contributed by atoms with Crippen LogP contribution in [0.4, 0.5) is 0 Å². The van der Waals surface area contributed by atoms with Crippen molar-refractivity contribution in [2.24, 2.45) is 0 Å². The van der Waals surface area contributed by atoms with Crippen molar-refractivity contribution in [3.8, 4) is 11.8 Å². The monoisotopic (exact) mass is 237 g/mol. The normalized spacial score (nSPS) is 18.8. The summed E-state index contributed by atoms with van der Waals surface area (Å²) in [5.74, 6) is 5.97. The fourth-order valence-corrected chi connectivity index (χ4v) is 3.14. The lowest BCUT2D eigenvalue weighted by Crippen LogP contribution is -2.55. The molecular formula is C15H27NO. The Morgan fingerprint density at radius 2 is 1.82 bits per heavy atom. The van der Waals surface area contributed by atoms with E-state index in [-0.39, 0.29) is 11.6 Å². The van der Waals surface area contributed by atoms with Gasteiger partial charge in [-0.05, 0) is 52.1 Å². The molecule has 1 N–H and O–H groups in total. The molecule has 2 nitrogen and oxygen atoms in total. The number of hydrogen-bond donors (Lipinski definition) is 1. The first-order valence-electron chi connectivity index (χ1n) is 7.04. The van der Waals surface area contributed by atoms with Crippen molar-refractivity contribution < 1.29 is 5.11 Å². The van der Waals surface area contributed by atoms with E-state index in [1.54, 1.807) is 0 Å². The Morgan fingerprint density at radius 1 is 1.24 bits per heavy atom. The van der Waals surface area contributed by atoms with Crippen LogP contribution >= 0.6 is 0 Å². The van der Waals surface area contributed by atoms with Crippen LogP contribution in [0.1, 0.15) is 59.3 Å². The Bertz CT molecular complexity index is 266. The number of aliphatic hydroxyl groups is 1. The maximum absolute atomic E-state index is 10.5. The molecule has 1 saturated heterocycles. The Hall–Kier alpha value is -0.520. The summed E-state index contributed by atoms with van der Waals surface area (Å²) in [6.45, 7) is 8.57. The summed E-state index contributed by atoms with van der Waals surface area (Å²) >= 11 is 0. The highest BCUT2D eigenvalue weighted by molar-refractivity contribution is 5.00. The zero-order valence-electron chi connectivity index (χ0n) is 11.6. The maximum atomic E-state index is 10.5. The van der Waals surface area contributed by atoms with Crippen molar-refractivity contribution in [1.29, 1.82) is 0 Å². The third-order valence-electron chi connectivity index (χ3n) is 4.30. The van der Waals surface area contributed by atoms with Gasteiger partial charge in [0.05, 0.1) is 6.10 Å². The van der Waals surface area contributed by atoms with Crippen LogP contribution in [0.15, 0.2) is 0 Å². The third-order valence-corrected chi connectivity index (χ3v) is 4.30. The lowest BCUT2D eigenvalue weighted by molar-refractivity contribution is -0.0307. The van der Waals surface area contributed by atoms with Gasteiger partial charge < -0.3 is 5.11 Å². The second kappa shape index (κ2) is 7.03. The van der Waals surface area contributed by atoms with Crippen LogP contribution in [0.2, 0.25) is 0 Å². The van der Waals surface area contributed by atoms with Gasteiger partial charge in [-0.2, -0.15) is 0 Å². The SMILES string of the molecule is CC#CCCC(O)C(CC)(CC)N1CCCC1. The molecule has 1 fully saturated rings. The molecule has 0 aliphatic carbocycles. The summed E-state index contributed by atoms with van der Waals surface area (Å²) in [5.41, 5.74) is -0.00801. The highest BCUT2D eigenvalue weighted by Gasteiger charge is 2.40. The van der Waals surface area contributed by atoms with E-state index >= 15 is 0 Å². The minimum atomic E-state index is -0.239. The van der Waals surface area contributed by atoms with Gasteiger partial charge in [0.2, 0.25) is 0 Å². The number of likely N-dealkylation sites (tertiary alicyclic amines) is 1. The molecule has 0 aromatic rings. The zero-order valence-corrected chi connectivity index (χ0v) is 11.6. The van der Waals surface area contributed by atoms with Crippen molar-refractivity contribution in [1.82, 2.24) is 4.90 Å². The van der Waals surface area contributed by atoms with Crippen molar-refractivity contribution in [2.75, 3.05) is 13.1 Å². The van der Waals surface area contributed by atoms with Crippen molar-refractivity contribution in [3.05, 3.63) is 0 Å². The molecule has 98 valence electrons. The van der Waals surface area contributed by atoms with E-state index < -0.39 is 0 Å². The minimum absolute atomic E-state index is 0.00801. The summed E-state index contributed by atoms with van der Waals surface area (Å²) in [5, 5.41) is 10.5. The van der Waals surface area contributed by atoms with Crippen molar-refractivity contribution in [3.63, 3.8) is 0 Å². The summed E-state index contributed by atoms with van der Waals surface area (Å²) in [4.78, 5) is 2.51. The fraction of sp³-hybridized carbons (Fsp3) is 0.867. The number of nitrogens with zero attached hydrogens (tertiary/aromatic N) is 1. The molecule has 0 radical (unpaired) electrons. The summed E-state index contributed by atoms with van der Waals surface area (Å²) in [7, 11) is 0. The number of hydrogen-bond acceptors (Lipinski definition) is 2. The van der Waals surface area contributed by atoms with Crippen LogP contribution in [-0.4, -0.2) is 34.7 Å². The molecule has 1 heterocycles. The molecule has 0 aromatic heterocycles. The molecule has 0 aromatic carbocycles. The molecule has 1 rings (SSSR count). The molecule has 1 unspecified atom stereocenters. The van der Waals surface area contributed by atoms with Gasteiger partial charge in [0, 0.05) is 12.0 Å². The van der Waals surface area contributed by atoms with Gasteiger partial charge in [0.1, 0.15) is 0 Å². The van der Waals surface area contributed by atoms with Crippen LogP contribution in [0, 0.1) is 11.8 Å². The topological polar surface area (TPSA) is 23.5 Å². The highest BCUT2D eigenvalue weighted by atomic mass is 16.3. The molecule has 2 heteroatoms. The van der Waals surface area contributed by atoms with Gasteiger partial charge in [-0.25, -0.2) is 0 Å². The Labute approximate surface area is 106 Å². The number of aliphatic hydroxyl groups excluding tert-OH is 1. The molecule has 1 aliphatic rings. The Kier molecular flexibility index (Phi) is 6.02. The predicted molar refractivity (Wildman–Crippen MR) is 72.8 cm³/mol. The first-order valence-corrected chi connectivity index (χ1v) is 7.04. The minimum Gasteiger partial charge on any atom is -0.391 e. The highest BCUT2D eigenvalue weighted by Crippen LogP contribution is 2.33. The lowest BCUT2D eigenvalue weighted by atomic mass is 9.82. The van der Waals surface area contributed by atoms with Crippen LogP contribution < -0.4 is 0 Å². The van der Waals surface area contributed by atoms with Gasteiger partial charge in [-0.15, -0.1) is 11.8 Å². The summed E-state index contributed by atoms with van der Waals surface area (Å²) < 4.78 is 0. The van der Waals surface area contributed by atoms with Crippen molar-refractivity contribution in [2.45, 2.75) is 70.9 Å².